The molecule has 0 radical (unpaired) electrons. The standard InChI is InChI=1S/C58H34OS/c1-2-14-35(15-3-1)36-26-28-37(29-27-36)56-43-20-7-9-22-45(43)57(46-23-10-8-21-44(46)56)47-31-30-41(38-16-4-5-17-39(38)47)49-32-52-50-34-55-51(42-19-12-13-25-54(42)60-55)33-53(50)59-58(52)48-24-11-6-18-40(48)49/h1-34H. The van der Waals surface area contributed by atoms with Crippen LogP contribution < -0.4 is 0 Å². The first-order valence-corrected chi connectivity index (χ1v) is 21.4. The number of fused-ring (bicyclic) bond motifs is 11. The second kappa shape index (κ2) is 13.0. The van der Waals surface area contributed by atoms with E-state index in [0.717, 1.165) is 27.3 Å². The molecule has 0 spiro atoms. The van der Waals surface area contributed by atoms with Gasteiger partial charge in [-0.05, 0) is 106 Å². The summed E-state index contributed by atoms with van der Waals surface area (Å²) < 4.78 is 9.39. The van der Waals surface area contributed by atoms with E-state index >= 15 is 0 Å². The molecule has 13 rings (SSSR count). The normalized spacial score (nSPS) is 12.0. The average molecular weight is 779 g/mol. The van der Waals surface area contributed by atoms with E-state index in [1.807, 2.05) is 11.3 Å². The lowest BCUT2D eigenvalue weighted by atomic mass is 9.83. The molecule has 0 aliphatic carbocycles. The molecule has 0 aliphatic heterocycles. The van der Waals surface area contributed by atoms with Gasteiger partial charge in [0, 0.05) is 36.3 Å². The third-order valence-corrected chi connectivity index (χ3v) is 13.8. The molecule has 0 saturated heterocycles. The molecular formula is C58H34OS. The van der Waals surface area contributed by atoms with Gasteiger partial charge in [0.05, 0.1) is 0 Å². The van der Waals surface area contributed by atoms with Crippen LogP contribution >= 0.6 is 11.3 Å². The molecule has 278 valence electrons. The summed E-state index contributed by atoms with van der Waals surface area (Å²) in [6, 6.07) is 75.7. The van der Waals surface area contributed by atoms with Gasteiger partial charge in [0.15, 0.2) is 0 Å². The maximum absolute atomic E-state index is 6.80. The fourth-order valence-electron chi connectivity index (χ4n) is 9.98. The lowest BCUT2D eigenvalue weighted by Gasteiger charge is -2.20. The molecule has 13 aromatic rings. The van der Waals surface area contributed by atoms with E-state index in [4.69, 9.17) is 4.42 Å². The highest BCUT2D eigenvalue weighted by atomic mass is 32.1. The molecule has 60 heavy (non-hydrogen) atoms. The van der Waals surface area contributed by atoms with Crippen molar-refractivity contribution in [2.45, 2.75) is 0 Å². The minimum absolute atomic E-state index is 0.929. The third-order valence-electron chi connectivity index (χ3n) is 12.7. The van der Waals surface area contributed by atoms with Crippen molar-refractivity contribution in [3.63, 3.8) is 0 Å². The van der Waals surface area contributed by atoms with E-state index in [-0.39, 0.29) is 0 Å². The van der Waals surface area contributed by atoms with Crippen molar-refractivity contribution in [1.29, 1.82) is 0 Å². The first-order valence-electron chi connectivity index (χ1n) is 20.6. The topological polar surface area (TPSA) is 13.1 Å². The summed E-state index contributed by atoms with van der Waals surface area (Å²) in [6.45, 7) is 0. The summed E-state index contributed by atoms with van der Waals surface area (Å²) in [4.78, 5) is 0. The molecule has 0 amide bonds. The minimum Gasteiger partial charge on any atom is -0.455 e. The van der Waals surface area contributed by atoms with Crippen LogP contribution in [0.3, 0.4) is 0 Å². The molecule has 1 nitrogen and oxygen atoms in total. The average Bonchev–Trinajstić information content (AvgIpc) is 3.87. The fraction of sp³-hybridized carbons (Fsp3) is 0. The second-order valence-electron chi connectivity index (χ2n) is 15.9. The van der Waals surface area contributed by atoms with Gasteiger partial charge in [0.25, 0.3) is 0 Å². The molecule has 0 saturated carbocycles. The van der Waals surface area contributed by atoms with Gasteiger partial charge in [-0.1, -0.05) is 182 Å². The highest BCUT2D eigenvalue weighted by molar-refractivity contribution is 7.25. The largest absolute Gasteiger partial charge is 0.455 e. The van der Waals surface area contributed by atoms with Crippen LogP contribution in [-0.2, 0) is 0 Å². The van der Waals surface area contributed by atoms with Gasteiger partial charge in [-0.25, -0.2) is 0 Å². The van der Waals surface area contributed by atoms with Crippen LogP contribution in [-0.4, -0.2) is 0 Å². The zero-order valence-electron chi connectivity index (χ0n) is 32.4. The first-order chi connectivity index (χ1) is 29.8. The van der Waals surface area contributed by atoms with E-state index < -0.39 is 0 Å². The molecule has 0 N–H and O–H groups in total. The van der Waals surface area contributed by atoms with Gasteiger partial charge in [0.1, 0.15) is 11.2 Å². The monoisotopic (exact) mass is 778 g/mol. The Kier molecular flexibility index (Phi) is 7.24. The SMILES string of the molecule is c1ccc(-c2ccc(-c3c4ccccc4c(-c4ccc(-c5cc6c7cc8sc9ccccc9c8cc7oc6c6ccccc56)c5ccccc45)c4ccccc34)cc2)cc1. The summed E-state index contributed by atoms with van der Waals surface area (Å²) in [5.74, 6) is 0. The zero-order chi connectivity index (χ0) is 39.3. The number of benzene rings is 11. The second-order valence-corrected chi connectivity index (χ2v) is 17.0. The van der Waals surface area contributed by atoms with Crippen molar-refractivity contribution < 1.29 is 4.42 Å². The van der Waals surface area contributed by atoms with E-state index in [9.17, 15) is 0 Å². The number of furan rings is 1. The van der Waals surface area contributed by atoms with Gasteiger partial charge >= 0.3 is 0 Å². The van der Waals surface area contributed by atoms with Crippen molar-refractivity contribution in [3.05, 3.63) is 206 Å². The van der Waals surface area contributed by atoms with Crippen LogP contribution in [0.25, 0.3) is 130 Å². The highest BCUT2D eigenvalue weighted by Gasteiger charge is 2.21. The van der Waals surface area contributed by atoms with E-state index in [1.54, 1.807) is 0 Å². The van der Waals surface area contributed by atoms with Gasteiger partial charge in [-0.15, -0.1) is 11.3 Å². The Morgan fingerprint density at radius 3 is 1.45 bits per heavy atom. The number of hydrogen-bond donors (Lipinski definition) is 0. The number of hydrogen-bond acceptors (Lipinski definition) is 2. The fourth-order valence-corrected chi connectivity index (χ4v) is 11.1. The van der Waals surface area contributed by atoms with Crippen molar-refractivity contribution in [2.75, 3.05) is 0 Å². The van der Waals surface area contributed by atoms with Crippen LogP contribution in [0.2, 0.25) is 0 Å². The predicted octanol–water partition coefficient (Wildman–Crippen LogP) is 17.2. The summed E-state index contributed by atoms with van der Waals surface area (Å²) in [5, 5.41) is 14.6. The van der Waals surface area contributed by atoms with Crippen molar-refractivity contribution in [2.24, 2.45) is 0 Å². The summed E-state index contributed by atoms with van der Waals surface area (Å²) in [5.41, 5.74) is 11.7. The van der Waals surface area contributed by atoms with Gasteiger partial charge < -0.3 is 4.42 Å². The molecule has 0 atom stereocenters. The van der Waals surface area contributed by atoms with E-state index in [1.165, 1.54) is 102 Å². The van der Waals surface area contributed by atoms with Crippen LogP contribution in [0.5, 0.6) is 0 Å². The Bertz CT molecular complexity index is 3810. The zero-order valence-corrected chi connectivity index (χ0v) is 33.3. The van der Waals surface area contributed by atoms with Crippen molar-refractivity contribution in [3.8, 4) is 44.5 Å². The van der Waals surface area contributed by atoms with E-state index in [2.05, 4.69) is 206 Å². The Labute approximate surface area is 350 Å². The molecule has 0 bridgehead atoms. The lowest BCUT2D eigenvalue weighted by Crippen LogP contribution is -1.93. The summed E-state index contributed by atoms with van der Waals surface area (Å²) in [6.07, 6.45) is 0. The molecule has 2 heterocycles. The number of thiophene rings is 1. The number of rotatable bonds is 4. The summed E-state index contributed by atoms with van der Waals surface area (Å²) in [7, 11) is 0. The minimum atomic E-state index is 0.929. The van der Waals surface area contributed by atoms with Crippen molar-refractivity contribution >= 4 is 96.5 Å². The Balaban J connectivity index is 1.04. The third kappa shape index (κ3) is 4.92. The molecular weight excluding hydrogens is 745 g/mol. The maximum Gasteiger partial charge on any atom is 0.143 e. The van der Waals surface area contributed by atoms with Crippen LogP contribution in [0.15, 0.2) is 211 Å². The van der Waals surface area contributed by atoms with Gasteiger partial charge in [-0.2, -0.15) is 0 Å². The molecule has 0 aliphatic rings. The van der Waals surface area contributed by atoms with Gasteiger partial charge in [-0.3, -0.25) is 0 Å². The Morgan fingerprint density at radius 1 is 0.267 bits per heavy atom. The first kappa shape index (κ1) is 33.5. The molecule has 0 unspecified atom stereocenters. The highest BCUT2D eigenvalue weighted by Crippen LogP contribution is 2.49. The molecule has 2 heteroatoms. The molecule has 2 aromatic heterocycles. The lowest BCUT2D eigenvalue weighted by molar-refractivity contribution is 0.673. The Morgan fingerprint density at radius 2 is 0.767 bits per heavy atom. The predicted molar refractivity (Wildman–Crippen MR) is 258 cm³/mol. The van der Waals surface area contributed by atoms with Crippen molar-refractivity contribution in [1.82, 2.24) is 0 Å². The van der Waals surface area contributed by atoms with E-state index in [0.29, 0.717) is 0 Å². The Hall–Kier alpha value is -7.52. The van der Waals surface area contributed by atoms with Crippen LogP contribution in [0.1, 0.15) is 0 Å². The quantitative estimate of drug-likeness (QED) is 0.162. The maximum atomic E-state index is 6.80. The summed E-state index contributed by atoms with van der Waals surface area (Å²) >= 11 is 1.85. The smallest absolute Gasteiger partial charge is 0.143 e. The van der Waals surface area contributed by atoms with Crippen LogP contribution in [0.4, 0.5) is 0 Å². The molecule has 11 aromatic carbocycles. The molecule has 0 fully saturated rings. The van der Waals surface area contributed by atoms with Crippen LogP contribution in [0, 0.1) is 0 Å². The van der Waals surface area contributed by atoms with Gasteiger partial charge in [0.2, 0.25) is 0 Å².